The van der Waals surface area contributed by atoms with Crippen LogP contribution < -0.4 is 15.8 Å². The molecule has 3 N–H and O–H groups in total. The second-order valence-electron chi connectivity index (χ2n) is 5.16. The molecular weight excluding hydrogens is 228 g/mol. The Kier molecular flexibility index (Phi) is 4.59. The average molecular weight is 250 g/mol. The van der Waals surface area contributed by atoms with E-state index in [2.05, 4.69) is 26.1 Å². The molecule has 0 aromatic heterocycles. The van der Waals surface area contributed by atoms with Gasteiger partial charge in [0.1, 0.15) is 5.75 Å². The molecule has 0 saturated carbocycles. The summed E-state index contributed by atoms with van der Waals surface area (Å²) in [6.45, 7) is 7.00. The van der Waals surface area contributed by atoms with Gasteiger partial charge in [-0.2, -0.15) is 0 Å². The van der Waals surface area contributed by atoms with Crippen LogP contribution in [0, 0.1) is 5.41 Å². The Bertz CT molecular complexity index is 428. The molecule has 1 aromatic rings. The maximum Gasteiger partial charge on any atom is 0.251 e. The van der Waals surface area contributed by atoms with Gasteiger partial charge in [-0.3, -0.25) is 4.79 Å². The Morgan fingerprint density at radius 1 is 1.44 bits per heavy atom. The first-order valence-corrected chi connectivity index (χ1v) is 6.11. The fourth-order valence-corrected chi connectivity index (χ4v) is 1.40. The molecule has 0 radical (unpaired) electrons. The SMILES string of the molecule is CCC(C)(C)CNC(=O)c1ccc(N)c(OC)c1. The third-order valence-corrected chi connectivity index (χ3v) is 3.18. The summed E-state index contributed by atoms with van der Waals surface area (Å²) < 4.78 is 5.10. The molecule has 0 heterocycles. The van der Waals surface area contributed by atoms with E-state index in [4.69, 9.17) is 10.5 Å². The van der Waals surface area contributed by atoms with Crippen molar-refractivity contribution < 1.29 is 9.53 Å². The molecule has 0 aliphatic carbocycles. The predicted molar refractivity (Wildman–Crippen MR) is 73.8 cm³/mol. The van der Waals surface area contributed by atoms with Gasteiger partial charge in [0.15, 0.2) is 0 Å². The first-order chi connectivity index (χ1) is 8.39. The highest BCUT2D eigenvalue weighted by Crippen LogP contribution is 2.22. The molecule has 0 saturated heterocycles. The number of carbonyl (C=O) groups is 1. The number of methoxy groups -OCH3 is 1. The number of ether oxygens (including phenoxy) is 1. The highest BCUT2D eigenvalue weighted by Gasteiger charge is 2.17. The molecule has 0 bridgehead atoms. The van der Waals surface area contributed by atoms with Crippen molar-refractivity contribution >= 4 is 11.6 Å². The Labute approximate surface area is 109 Å². The number of rotatable bonds is 5. The molecule has 0 aliphatic heterocycles. The summed E-state index contributed by atoms with van der Waals surface area (Å²) in [6, 6.07) is 5.04. The van der Waals surface area contributed by atoms with Crippen molar-refractivity contribution in [1.29, 1.82) is 0 Å². The highest BCUT2D eigenvalue weighted by atomic mass is 16.5. The largest absolute Gasteiger partial charge is 0.495 e. The minimum Gasteiger partial charge on any atom is -0.495 e. The number of nitrogens with two attached hydrogens (primary N) is 1. The Balaban J connectivity index is 2.73. The van der Waals surface area contributed by atoms with Gasteiger partial charge in [0, 0.05) is 12.1 Å². The van der Waals surface area contributed by atoms with E-state index >= 15 is 0 Å². The first-order valence-electron chi connectivity index (χ1n) is 6.11. The fourth-order valence-electron chi connectivity index (χ4n) is 1.40. The molecule has 0 spiro atoms. The van der Waals surface area contributed by atoms with Crippen LogP contribution in [0.4, 0.5) is 5.69 Å². The van der Waals surface area contributed by atoms with Crippen molar-refractivity contribution in [3.05, 3.63) is 23.8 Å². The summed E-state index contributed by atoms with van der Waals surface area (Å²) >= 11 is 0. The van der Waals surface area contributed by atoms with Crippen LogP contribution in [0.2, 0.25) is 0 Å². The van der Waals surface area contributed by atoms with E-state index in [1.54, 1.807) is 18.2 Å². The van der Waals surface area contributed by atoms with E-state index in [1.165, 1.54) is 7.11 Å². The summed E-state index contributed by atoms with van der Waals surface area (Å²) in [7, 11) is 1.54. The Hall–Kier alpha value is -1.71. The number of hydrogen-bond donors (Lipinski definition) is 2. The number of benzene rings is 1. The van der Waals surface area contributed by atoms with Gasteiger partial charge in [0.05, 0.1) is 12.8 Å². The van der Waals surface area contributed by atoms with Gasteiger partial charge in [-0.1, -0.05) is 20.8 Å². The van der Waals surface area contributed by atoms with E-state index in [9.17, 15) is 4.79 Å². The molecular formula is C14H22N2O2. The van der Waals surface area contributed by atoms with Crippen molar-refractivity contribution in [2.75, 3.05) is 19.4 Å². The number of carbonyl (C=O) groups excluding carboxylic acids is 1. The zero-order valence-electron chi connectivity index (χ0n) is 11.5. The first kappa shape index (κ1) is 14.4. The highest BCUT2D eigenvalue weighted by molar-refractivity contribution is 5.95. The number of anilines is 1. The van der Waals surface area contributed by atoms with Crippen LogP contribution >= 0.6 is 0 Å². The Morgan fingerprint density at radius 2 is 2.11 bits per heavy atom. The predicted octanol–water partition coefficient (Wildman–Crippen LogP) is 2.44. The van der Waals surface area contributed by atoms with Gasteiger partial charge in [0.2, 0.25) is 0 Å². The summed E-state index contributed by atoms with van der Waals surface area (Å²) in [6.07, 6.45) is 1.01. The van der Waals surface area contributed by atoms with Crippen LogP contribution in [-0.4, -0.2) is 19.6 Å². The van der Waals surface area contributed by atoms with Crippen molar-refractivity contribution in [3.8, 4) is 5.75 Å². The smallest absolute Gasteiger partial charge is 0.251 e. The lowest BCUT2D eigenvalue weighted by Crippen LogP contribution is -2.33. The van der Waals surface area contributed by atoms with E-state index in [0.29, 0.717) is 23.5 Å². The molecule has 0 unspecified atom stereocenters. The molecule has 0 aliphatic rings. The summed E-state index contributed by atoms with van der Waals surface area (Å²) in [5, 5.41) is 2.93. The van der Waals surface area contributed by atoms with E-state index in [0.717, 1.165) is 6.42 Å². The van der Waals surface area contributed by atoms with Crippen LogP contribution in [0.3, 0.4) is 0 Å². The van der Waals surface area contributed by atoms with Gasteiger partial charge in [-0.25, -0.2) is 0 Å². The summed E-state index contributed by atoms with van der Waals surface area (Å²) in [5.41, 5.74) is 6.91. The van der Waals surface area contributed by atoms with Crippen LogP contribution in [0.1, 0.15) is 37.6 Å². The minimum absolute atomic E-state index is 0.102. The zero-order valence-corrected chi connectivity index (χ0v) is 11.5. The average Bonchev–Trinajstić information content (AvgIpc) is 2.36. The zero-order chi connectivity index (χ0) is 13.8. The van der Waals surface area contributed by atoms with Gasteiger partial charge in [-0.05, 0) is 30.0 Å². The minimum atomic E-state index is -0.102. The lowest BCUT2D eigenvalue weighted by molar-refractivity contribution is 0.0935. The quantitative estimate of drug-likeness (QED) is 0.789. The maximum absolute atomic E-state index is 12.0. The van der Waals surface area contributed by atoms with Gasteiger partial charge in [-0.15, -0.1) is 0 Å². The Morgan fingerprint density at radius 3 is 2.67 bits per heavy atom. The molecule has 18 heavy (non-hydrogen) atoms. The number of nitrogen functional groups attached to an aromatic ring is 1. The lowest BCUT2D eigenvalue weighted by atomic mass is 9.90. The van der Waals surface area contributed by atoms with E-state index < -0.39 is 0 Å². The molecule has 4 nitrogen and oxygen atoms in total. The standard InChI is InChI=1S/C14H22N2O2/c1-5-14(2,3)9-16-13(17)10-6-7-11(15)12(8-10)18-4/h6-8H,5,9,15H2,1-4H3,(H,16,17). The summed E-state index contributed by atoms with van der Waals surface area (Å²) in [4.78, 5) is 12.0. The van der Waals surface area contributed by atoms with Crippen molar-refractivity contribution in [3.63, 3.8) is 0 Å². The molecule has 0 fully saturated rings. The van der Waals surface area contributed by atoms with Crippen LogP contribution in [0.15, 0.2) is 18.2 Å². The third-order valence-electron chi connectivity index (χ3n) is 3.18. The monoisotopic (exact) mass is 250 g/mol. The molecule has 4 heteroatoms. The van der Waals surface area contributed by atoms with Crippen molar-refractivity contribution in [2.24, 2.45) is 5.41 Å². The molecule has 1 rings (SSSR count). The van der Waals surface area contributed by atoms with Crippen molar-refractivity contribution in [2.45, 2.75) is 27.2 Å². The van der Waals surface area contributed by atoms with Crippen LogP contribution in [0.25, 0.3) is 0 Å². The maximum atomic E-state index is 12.0. The normalized spacial score (nSPS) is 11.1. The molecule has 0 atom stereocenters. The van der Waals surface area contributed by atoms with E-state index in [1.807, 2.05) is 0 Å². The number of nitrogens with one attached hydrogen (secondary N) is 1. The molecule has 100 valence electrons. The van der Waals surface area contributed by atoms with Crippen molar-refractivity contribution in [1.82, 2.24) is 5.32 Å². The van der Waals surface area contributed by atoms with Gasteiger partial charge in [0.25, 0.3) is 5.91 Å². The number of hydrogen-bond acceptors (Lipinski definition) is 3. The topological polar surface area (TPSA) is 64.4 Å². The number of amides is 1. The third kappa shape index (κ3) is 3.65. The van der Waals surface area contributed by atoms with Gasteiger partial charge < -0.3 is 15.8 Å². The second-order valence-corrected chi connectivity index (χ2v) is 5.16. The molecule has 1 amide bonds. The lowest BCUT2D eigenvalue weighted by Gasteiger charge is -2.22. The second kappa shape index (κ2) is 5.76. The molecule has 1 aromatic carbocycles. The van der Waals surface area contributed by atoms with E-state index in [-0.39, 0.29) is 11.3 Å². The summed E-state index contributed by atoms with van der Waals surface area (Å²) in [5.74, 6) is 0.423. The fraction of sp³-hybridized carbons (Fsp3) is 0.500. The van der Waals surface area contributed by atoms with Crippen LogP contribution in [-0.2, 0) is 0 Å². The van der Waals surface area contributed by atoms with Gasteiger partial charge >= 0.3 is 0 Å². The van der Waals surface area contributed by atoms with Crippen LogP contribution in [0.5, 0.6) is 5.75 Å².